The summed E-state index contributed by atoms with van der Waals surface area (Å²) in [5.41, 5.74) is 18.1. The monoisotopic (exact) mass is 779 g/mol. The SMILES string of the molecule is CC1(C)c2cc(C#N)ccc2-c2ccc(-c3cc(-c4cc(-c5ccc(-c6ccccc6)cc5)nc(-c5ccccc5)n4)cc(-c4ccnc5c4ccc4cccnc45)c3)cc21. The number of nitriles is 1. The summed E-state index contributed by atoms with van der Waals surface area (Å²) < 4.78 is 0. The summed E-state index contributed by atoms with van der Waals surface area (Å²) in [6.45, 7) is 4.51. The molecule has 286 valence electrons. The van der Waals surface area contributed by atoms with Crippen molar-refractivity contribution in [2.45, 2.75) is 19.3 Å². The molecule has 5 nitrogen and oxygen atoms in total. The van der Waals surface area contributed by atoms with E-state index in [1.54, 1.807) is 0 Å². The molecule has 1 aliphatic carbocycles. The second kappa shape index (κ2) is 14.3. The molecule has 0 bridgehead atoms. The van der Waals surface area contributed by atoms with Gasteiger partial charge in [-0.05, 0) is 110 Å². The molecule has 10 aromatic rings. The molecule has 11 rings (SSSR count). The predicted octanol–water partition coefficient (Wildman–Crippen LogP) is 13.8. The van der Waals surface area contributed by atoms with Gasteiger partial charge in [-0.3, -0.25) is 9.97 Å². The fraction of sp³-hybridized carbons (Fsp3) is 0.0536. The van der Waals surface area contributed by atoms with Gasteiger partial charge in [-0.15, -0.1) is 0 Å². The van der Waals surface area contributed by atoms with Crippen LogP contribution >= 0.6 is 0 Å². The number of hydrogen-bond donors (Lipinski definition) is 0. The second-order valence-corrected chi connectivity index (χ2v) is 16.2. The lowest BCUT2D eigenvalue weighted by molar-refractivity contribution is 0.660. The molecule has 5 heteroatoms. The van der Waals surface area contributed by atoms with Gasteiger partial charge in [0.25, 0.3) is 0 Å². The van der Waals surface area contributed by atoms with Gasteiger partial charge >= 0.3 is 0 Å². The summed E-state index contributed by atoms with van der Waals surface area (Å²) in [6.07, 6.45) is 3.72. The van der Waals surface area contributed by atoms with Gasteiger partial charge in [0.05, 0.1) is 34.1 Å². The molecular weight excluding hydrogens is 743 g/mol. The van der Waals surface area contributed by atoms with Crippen LogP contribution in [0.15, 0.2) is 188 Å². The number of benzene rings is 7. The van der Waals surface area contributed by atoms with E-state index in [2.05, 4.69) is 153 Å². The number of nitrogens with zero attached hydrogens (tertiary/aromatic N) is 5. The fourth-order valence-electron chi connectivity index (χ4n) is 9.01. The van der Waals surface area contributed by atoms with Crippen LogP contribution in [-0.4, -0.2) is 19.9 Å². The van der Waals surface area contributed by atoms with E-state index in [1.165, 1.54) is 27.8 Å². The quantitative estimate of drug-likeness (QED) is 0.157. The van der Waals surface area contributed by atoms with Gasteiger partial charge < -0.3 is 0 Å². The minimum Gasteiger partial charge on any atom is -0.254 e. The van der Waals surface area contributed by atoms with E-state index in [0.717, 1.165) is 77.7 Å². The average molecular weight is 780 g/mol. The molecule has 0 aliphatic heterocycles. The van der Waals surface area contributed by atoms with E-state index in [9.17, 15) is 5.26 Å². The molecule has 3 heterocycles. The van der Waals surface area contributed by atoms with Gasteiger partial charge in [0.2, 0.25) is 0 Å². The molecule has 0 saturated heterocycles. The lowest BCUT2D eigenvalue weighted by atomic mass is 9.81. The van der Waals surface area contributed by atoms with E-state index in [0.29, 0.717) is 11.4 Å². The molecule has 0 unspecified atom stereocenters. The summed E-state index contributed by atoms with van der Waals surface area (Å²) >= 11 is 0. The Morgan fingerprint density at radius 2 is 1.05 bits per heavy atom. The molecule has 0 fully saturated rings. The number of pyridine rings is 2. The Hall–Kier alpha value is -8.07. The van der Waals surface area contributed by atoms with Crippen molar-refractivity contribution < 1.29 is 0 Å². The fourth-order valence-corrected chi connectivity index (χ4v) is 9.01. The minimum atomic E-state index is -0.286. The van der Waals surface area contributed by atoms with Crippen LogP contribution in [0, 0.1) is 11.3 Å². The first kappa shape index (κ1) is 36.0. The van der Waals surface area contributed by atoms with E-state index < -0.39 is 0 Å². The standard InChI is InChI=1S/C56H37N5/c1-56(2)49-28-35(34-57)15-22-46(49)47-23-21-41(32-50(47)56)42-29-43(45-25-27-59-54-48(45)24-20-39-14-9-26-58-53(39)54)31-44(30-42)52-33-51(60-55(61-52)40-12-7-4-8-13-40)38-18-16-37(17-19-38)36-10-5-3-6-11-36/h3-33H,1-2H3. The maximum absolute atomic E-state index is 9.76. The number of hydrogen-bond acceptors (Lipinski definition) is 5. The molecule has 3 aromatic heterocycles. The normalized spacial score (nSPS) is 12.5. The highest BCUT2D eigenvalue weighted by Gasteiger charge is 2.36. The van der Waals surface area contributed by atoms with Crippen molar-refractivity contribution in [3.05, 3.63) is 205 Å². The molecule has 0 amide bonds. The van der Waals surface area contributed by atoms with E-state index in [4.69, 9.17) is 19.9 Å². The molecule has 0 atom stereocenters. The molecule has 0 saturated carbocycles. The van der Waals surface area contributed by atoms with Crippen molar-refractivity contribution in [3.63, 3.8) is 0 Å². The third-order valence-corrected chi connectivity index (χ3v) is 12.2. The zero-order valence-corrected chi connectivity index (χ0v) is 33.6. The summed E-state index contributed by atoms with van der Waals surface area (Å²) in [6, 6.07) is 63.8. The van der Waals surface area contributed by atoms with Crippen molar-refractivity contribution in [1.29, 1.82) is 5.26 Å². The highest BCUT2D eigenvalue weighted by atomic mass is 14.9. The highest BCUT2D eigenvalue weighted by molar-refractivity contribution is 6.08. The molecule has 0 spiro atoms. The smallest absolute Gasteiger partial charge is 0.160 e. The van der Waals surface area contributed by atoms with Crippen LogP contribution in [0.1, 0.15) is 30.5 Å². The molecule has 1 aliphatic rings. The Labute approximate surface area is 354 Å². The zero-order chi connectivity index (χ0) is 41.1. The largest absolute Gasteiger partial charge is 0.254 e. The second-order valence-electron chi connectivity index (χ2n) is 16.2. The van der Waals surface area contributed by atoms with Crippen LogP contribution < -0.4 is 0 Å². The third-order valence-electron chi connectivity index (χ3n) is 12.2. The summed E-state index contributed by atoms with van der Waals surface area (Å²) in [7, 11) is 0. The van der Waals surface area contributed by atoms with Gasteiger partial charge in [0, 0.05) is 45.3 Å². The first-order chi connectivity index (χ1) is 29.9. The lowest BCUT2D eigenvalue weighted by Gasteiger charge is -2.22. The van der Waals surface area contributed by atoms with Gasteiger partial charge in [0.1, 0.15) is 0 Å². The number of rotatable bonds is 6. The minimum absolute atomic E-state index is 0.286. The van der Waals surface area contributed by atoms with Gasteiger partial charge in [-0.1, -0.05) is 135 Å². The topological polar surface area (TPSA) is 75.3 Å². The highest BCUT2D eigenvalue weighted by Crippen LogP contribution is 2.50. The van der Waals surface area contributed by atoms with Gasteiger partial charge in [-0.25, -0.2) is 9.97 Å². The van der Waals surface area contributed by atoms with Crippen LogP contribution in [0.2, 0.25) is 0 Å². The first-order valence-electron chi connectivity index (χ1n) is 20.5. The summed E-state index contributed by atoms with van der Waals surface area (Å²) in [5, 5.41) is 11.8. The molecule has 61 heavy (non-hydrogen) atoms. The molecule has 0 radical (unpaired) electrons. The van der Waals surface area contributed by atoms with Crippen molar-refractivity contribution in [2.75, 3.05) is 0 Å². The molecular formula is C56H37N5. The predicted molar refractivity (Wildman–Crippen MR) is 248 cm³/mol. The van der Waals surface area contributed by atoms with Crippen LogP contribution in [0.5, 0.6) is 0 Å². The van der Waals surface area contributed by atoms with Crippen LogP contribution in [-0.2, 0) is 5.41 Å². The Balaban J connectivity index is 1.12. The maximum atomic E-state index is 9.76. The molecule has 7 aromatic carbocycles. The van der Waals surface area contributed by atoms with Crippen LogP contribution in [0.4, 0.5) is 0 Å². The van der Waals surface area contributed by atoms with Crippen LogP contribution in [0.25, 0.3) is 100 Å². The Bertz CT molecular complexity index is 3380. The maximum Gasteiger partial charge on any atom is 0.160 e. The number of aromatic nitrogens is 4. The van der Waals surface area contributed by atoms with Gasteiger partial charge in [-0.2, -0.15) is 5.26 Å². The Kier molecular flexibility index (Phi) is 8.47. The van der Waals surface area contributed by atoms with Crippen LogP contribution in [0.3, 0.4) is 0 Å². The van der Waals surface area contributed by atoms with Crippen molar-refractivity contribution in [3.8, 4) is 84.5 Å². The number of fused-ring (bicyclic) bond motifs is 6. The zero-order valence-electron chi connectivity index (χ0n) is 33.6. The average Bonchev–Trinajstić information content (AvgIpc) is 3.55. The van der Waals surface area contributed by atoms with Crippen molar-refractivity contribution in [2.24, 2.45) is 0 Å². The van der Waals surface area contributed by atoms with E-state index in [-0.39, 0.29) is 5.41 Å². The van der Waals surface area contributed by atoms with Gasteiger partial charge in [0.15, 0.2) is 5.82 Å². The van der Waals surface area contributed by atoms with Crippen molar-refractivity contribution >= 4 is 21.8 Å². The Morgan fingerprint density at radius 3 is 1.82 bits per heavy atom. The van der Waals surface area contributed by atoms with Crippen molar-refractivity contribution in [1.82, 2.24) is 19.9 Å². The molecule has 0 N–H and O–H groups in total. The summed E-state index contributed by atoms with van der Waals surface area (Å²) in [5.74, 6) is 0.660. The lowest BCUT2D eigenvalue weighted by Crippen LogP contribution is -2.15. The Morgan fingerprint density at radius 1 is 0.426 bits per heavy atom. The first-order valence-corrected chi connectivity index (χ1v) is 20.5. The third kappa shape index (κ3) is 6.25. The van der Waals surface area contributed by atoms with E-state index >= 15 is 0 Å². The summed E-state index contributed by atoms with van der Waals surface area (Å²) in [4.78, 5) is 20.1. The van der Waals surface area contributed by atoms with E-state index in [1.807, 2.05) is 54.9 Å².